The molecule has 0 aliphatic carbocycles. The summed E-state index contributed by atoms with van der Waals surface area (Å²) in [6.45, 7) is 3.03. The summed E-state index contributed by atoms with van der Waals surface area (Å²) >= 11 is 0. The van der Waals surface area contributed by atoms with Crippen LogP contribution >= 0.6 is 0 Å². The van der Waals surface area contributed by atoms with E-state index in [2.05, 4.69) is 9.88 Å². The molecule has 0 bridgehead atoms. The molecular weight excluding hydrogens is 319 g/mol. The Morgan fingerprint density at radius 2 is 1.92 bits per heavy atom. The van der Waals surface area contributed by atoms with Gasteiger partial charge in [0, 0.05) is 38.1 Å². The van der Waals surface area contributed by atoms with Gasteiger partial charge in [-0.1, -0.05) is 12.1 Å². The zero-order chi connectivity index (χ0) is 17.1. The third kappa shape index (κ3) is 3.89. The van der Waals surface area contributed by atoms with Crippen molar-refractivity contribution < 1.29 is 13.9 Å². The second kappa shape index (κ2) is 7.60. The van der Waals surface area contributed by atoms with E-state index in [0.717, 1.165) is 43.7 Å². The molecule has 132 valence electrons. The van der Waals surface area contributed by atoms with Gasteiger partial charge in [0.15, 0.2) is 0 Å². The van der Waals surface area contributed by atoms with Gasteiger partial charge in [0.2, 0.25) is 0 Å². The van der Waals surface area contributed by atoms with Crippen molar-refractivity contribution in [2.45, 2.75) is 44.2 Å². The topological polar surface area (TPSA) is 34.6 Å². The van der Waals surface area contributed by atoms with Gasteiger partial charge in [-0.05, 0) is 48.2 Å². The molecule has 1 aromatic carbocycles. The van der Waals surface area contributed by atoms with Crippen LogP contribution in [0.1, 0.15) is 24.0 Å². The van der Waals surface area contributed by atoms with Crippen LogP contribution < -0.4 is 0 Å². The largest absolute Gasteiger partial charge is 0.374 e. The van der Waals surface area contributed by atoms with E-state index in [-0.39, 0.29) is 18.0 Å². The minimum Gasteiger partial charge on any atom is -0.374 e. The molecule has 0 amide bonds. The lowest BCUT2D eigenvalue weighted by Crippen LogP contribution is -2.41. The van der Waals surface area contributed by atoms with Crippen LogP contribution in [-0.4, -0.2) is 41.3 Å². The Morgan fingerprint density at radius 1 is 1.12 bits per heavy atom. The zero-order valence-electron chi connectivity index (χ0n) is 14.2. The Morgan fingerprint density at radius 3 is 2.72 bits per heavy atom. The molecule has 3 atom stereocenters. The summed E-state index contributed by atoms with van der Waals surface area (Å²) in [5.74, 6) is -0.192. The van der Waals surface area contributed by atoms with Gasteiger partial charge in [0.25, 0.3) is 0 Å². The fraction of sp³-hybridized carbons (Fsp3) is 0.450. The molecule has 2 fully saturated rings. The minimum absolute atomic E-state index is 0.0684. The molecule has 2 saturated heterocycles. The Hall–Kier alpha value is -1.82. The molecule has 0 saturated carbocycles. The van der Waals surface area contributed by atoms with E-state index >= 15 is 0 Å². The number of aromatic nitrogens is 1. The highest BCUT2D eigenvalue weighted by Gasteiger charge is 2.44. The Labute approximate surface area is 147 Å². The number of fused-ring (bicyclic) bond motifs is 1. The van der Waals surface area contributed by atoms with Crippen LogP contribution in [0.4, 0.5) is 4.39 Å². The van der Waals surface area contributed by atoms with Crippen molar-refractivity contribution in [3.05, 3.63) is 65.7 Å². The molecular formula is C20H23FN2O2. The highest BCUT2D eigenvalue weighted by Crippen LogP contribution is 2.32. The summed E-state index contributed by atoms with van der Waals surface area (Å²) in [6, 6.07) is 11.1. The standard InChI is InChI=1S/C20H23FN2O2/c21-17-5-3-15(4-6-17)12-23-13-19(20-18(23)2-1-11-24-20)25-14-16-7-9-22-10-8-16/h3-10,18-20H,1-2,11-14H2/t18-,19+,20+/m0/s1. The smallest absolute Gasteiger partial charge is 0.123 e. The molecule has 0 radical (unpaired) electrons. The fourth-order valence-corrected chi connectivity index (χ4v) is 3.84. The molecule has 5 heteroatoms. The number of benzene rings is 1. The van der Waals surface area contributed by atoms with Gasteiger partial charge >= 0.3 is 0 Å². The molecule has 0 spiro atoms. The van der Waals surface area contributed by atoms with Crippen LogP contribution in [0.5, 0.6) is 0 Å². The maximum atomic E-state index is 13.1. The first kappa shape index (κ1) is 16.6. The van der Waals surface area contributed by atoms with Crippen LogP contribution in [-0.2, 0) is 22.6 Å². The van der Waals surface area contributed by atoms with Crippen molar-refractivity contribution in [2.24, 2.45) is 0 Å². The maximum absolute atomic E-state index is 13.1. The van der Waals surface area contributed by atoms with Crippen LogP contribution in [0.25, 0.3) is 0 Å². The predicted octanol–water partition coefficient (Wildman–Crippen LogP) is 3.17. The average Bonchev–Trinajstić information content (AvgIpc) is 3.01. The van der Waals surface area contributed by atoms with E-state index in [1.807, 2.05) is 24.3 Å². The van der Waals surface area contributed by atoms with Crippen LogP contribution in [0.15, 0.2) is 48.8 Å². The van der Waals surface area contributed by atoms with Crippen molar-refractivity contribution in [2.75, 3.05) is 13.2 Å². The van der Waals surface area contributed by atoms with Crippen molar-refractivity contribution in [3.8, 4) is 0 Å². The summed E-state index contributed by atoms with van der Waals surface area (Å²) in [5, 5.41) is 0. The number of hydrogen-bond acceptors (Lipinski definition) is 4. The molecule has 3 heterocycles. The molecule has 2 aliphatic heterocycles. The Kier molecular flexibility index (Phi) is 5.06. The Bertz CT molecular complexity index is 680. The molecule has 25 heavy (non-hydrogen) atoms. The lowest BCUT2D eigenvalue weighted by molar-refractivity contribution is -0.0819. The highest BCUT2D eigenvalue weighted by molar-refractivity contribution is 5.17. The molecule has 0 N–H and O–H groups in total. The molecule has 2 aromatic rings. The van der Waals surface area contributed by atoms with Crippen molar-refractivity contribution >= 4 is 0 Å². The number of pyridine rings is 1. The van der Waals surface area contributed by atoms with Gasteiger partial charge < -0.3 is 9.47 Å². The van der Waals surface area contributed by atoms with E-state index in [9.17, 15) is 4.39 Å². The molecule has 1 aromatic heterocycles. The van der Waals surface area contributed by atoms with E-state index in [1.54, 1.807) is 12.4 Å². The summed E-state index contributed by atoms with van der Waals surface area (Å²) in [4.78, 5) is 6.47. The van der Waals surface area contributed by atoms with Gasteiger partial charge in [-0.2, -0.15) is 0 Å². The van der Waals surface area contributed by atoms with Gasteiger partial charge in [-0.15, -0.1) is 0 Å². The molecule has 2 aliphatic rings. The number of nitrogens with zero attached hydrogens (tertiary/aromatic N) is 2. The summed E-state index contributed by atoms with van der Waals surface area (Å²) < 4.78 is 25.4. The van der Waals surface area contributed by atoms with Crippen molar-refractivity contribution in [1.29, 1.82) is 0 Å². The first-order chi connectivity index (χ1) is 12.3. The third-order valence-corrected chi connectivity index (χ3v) is 5.10. The lowest BCUT2D eigenvalue weighted by atomic mass is 10.0. The quantitative estimate of drug-likeness (QED) is 0.836. The SMILES string of the molecule is Fc1ccc(CN2C[C@@H](OCc3ccncc3)[C@@H]3OCCC[C@@H]32)cc1. The summed E-state index contributed by atoms with van der Waals surface area (Å²) in [5.41, 5.74) is 2.25. The lowest BCUT2D eigenvalue weighted by Gasteiger charge is -2.32. The monoisotopic (exact) mass is 342 g/mol. The third-order valence-electron chi connectivity index (χ3n) is 5.10. The van der Waals surface area contributed by atoms with Gasteiger partial charge in [-0.25, -0.2) is 4.39 Å². The molecule has 0 unspecified atom stereocenters. The number of halogens is 1. The summed E-state index contributed by atoms with van der Waals surface area (Å²) in [6.07, 6.45) is 5.97. The first-order valence-electron chi connectivity index (χ1n) is 8.90. The van der Waals surface area contributed by atoms with Gasteiger partial charge in [0.05, 0.1) is 12.7 Å². The summed E-state index contributed by atoms with van der Waals surface area (Å²) in [7, 11) is 0. The minimum atomic E-state index is -0.192. The van der Waals surface area contributed by atoms with Crippen LogP contribution in [0, 0.1) is 5.82 Å². The van der Waals surface area contributed by atoms with E-state index in [0.29, 0.717) is 12.6 Å². The second-order valence-electron chi connectivity index (χ2n) is 6.81. The molecule has 4 rings (SSSR count). The Balaban J connectivity index is 1.43. The van der Waals surface area contributed by atoms with Crippen LogP contribution in [0.3, 0.4) is 0 Å². The average molecular weight is 342 g/mol. The number of hydrogen-bond donors (Lipinski definition) is 0. The fourth-order valence-electron chi connectivity index (χ4n) is 3.84. The zero-order valence-corrected chi connectivity index (χ0v) is 14.2. The van der Waals surface area contributed by atoms with E-state index in [4.69, 9.17) is 9.47 Å². The van der Waals surface area contributed by atoms with Crippen molar-refractivity contribution in [1.82, 2.24) is 9.88 Å². The number of likely N-dealkylation sites (tertiary alicyclic amines) is 1. The highest BCUT2D eigenvalue weighted by atomic mass is 19.1. The van der Waals surface area contributed by atoms with E-state index in [1.165, 1.54) is 12.1 Å². The van der Waals surface area contributed by atoms with E-state index < -0.39 is 0 Å². The first-order valence-corrected chi connectivity index (χ1v) is 8.90. The maximum Gasteiger partial charge on any atom is 0.123 e. The molecule has 4 nitrogen and oxygen atoms in total. The van der Waals surface area contributed by atoms with Crippen molar-refractivity contribution in [3.63, 3.8) is 0 Å². The second-order valence-corrected chi connectivity index (χ2v) is 6.81. The number of ether oxygens (including phenoxy) is 2. The van der Waals surface area contributed by atoms with Crippen LogP contribution in [0.2, 0.25) is 0 Å². The predicted molar refractivity (Wildman–Crippen MR) is 92.4 cm³/mol. The van der Waals surface area contributed by atoms with Gasteiger partial charge in [0.1, 0.15) is 11.9 Å². The van der Waals surface area contributed by atoms with Gasteiger partial charge in [-0.3, -0.25) is 9.88 Å². The normalized spacial score (nSPS) is 26.5. The number of rotatable bonds is 5.